The first-order valence-electron chi connectivity index (χ1n) is 10.8. The molecule has 0 spiro atoms. The second-order valence-corrected chi connectivity index (χ2v) is 8.68. The normalized spacial score (nSPS) is 22.3. The fourth-order valence-corrected chi connectivity index (χ4v) is 4.79. The molecule has 2 atom stereocenters. The van der Waals surface area contributed by atoms with Crippen molar-refractivity contribution in [3.8, 4) is 0 Å². The van der Waals surface area contributed by atoms with Crippen molar-refractivity contribution in [1.82, 2.24) is 9.80 Å². The van der Waals surface area contributed by atoms with Crippen LogP contribution in [0, 0.1) is 0 Å². The monoisotopic (exact) mass is 484 g/mol. The van der Waals surface area contributed by atoms with Crippen molar-refractivity contribution < 1.29 is 35.9 Å². The summed E-state index contributed by atoms with van der Waals surface area (Å²) in [6.07, 6.45) is -9.18. The van der Waals surface area contributed by atoms with Crippen molar-refractivity contribution in [2.45, 2.75) is 37.2 Å². The van der Waals surface area contributed by atoms with Gasteiger partial charge in [0.05, 0.1) is 17.7 Å². The predicted octanol–water partition coefficient (Wildman–Crippen LogP) is 5.00. The van der Waals surface area contributed by atoms with Gasteiger partial charge in [-0.1, -0.05) is 30.3 Å². The van der Waals surface area contributed by atoms with Crippen molar-refractivity contribution in [2.24, 2.45) is 0 Å². The van der Waals surface area contributed by atoms with Gasteiger partial charge in [-0.2, -0.15) is 26.3 Å². The second kappa shape index (κ2) is 9.05. The van der Waals surface area contributed by atoms with Gasteiger partial charge in [0.25, 0.3) is 5.91 Å². The first-order valence-corrected chi connectivity index (χ1v) is 10.8. The maximum Gasteiger partial charge on any atom is 0.416 e. The minimum absolute atomic E-state index is 0.0141. The Hall–Kier alpha value is -2.88. The van der Waals surface area contributed by atoms with Gasteiger partial charge in [-0.05, 0) is 30.2 Å². The van der Waals surface area contributed by atoms with E-state index in [4.69, 9.17) is 0 Å². The Morgan fingerprint density at radius 3 is 2.03 bits per heavy atom. The van der Waals surface area contributed by atoms with Crippen LogP contribution in [0.3, 0.4) is 0 Å². The fraction of sp³-hybridized carbons (Fsp3) is 0.417. The van der Waals surface area contributed by atoms with Crippen LogP contribution in [0.4, 0.5) is 26.3 Å². The van der Waals surface area contributed by atoms with Gasteiger partial charge in [-0.25, -0.2) is 0 Å². The van der Waals surface area contributed by atoms with E-state index < -0.39 is 35.0 Å². The average molecular weight is 484 g/mol. The molecule has 0 unspecified atom stereocenters. The van der Waals surface area contributed by atoms with Gasteiger partial charge in [-0.15, -0.1) is 0 Å². The Bertz CT molecular complexity index is 1040. The van der Waals surface area contributed by atoms with E-state index in [1.165, 1.54) is 4.90 Å². The molecule has 182 valence electrons. The molecule has 0 radical (unpaired) electrons. The molecule has 1 amide bonds. The highest BCUT2D eigenvalue weighted by atomic mass is 19.4. The van der Waals surface area contributed by atoms with Crippen molar-refractivity contribution >= 4 is 11.7 Å². The number of hydrogen-bond acceptors (Lipinski definition) is 3. The number of alkyl halides is 6. The summed E-state index contributed by atoms with van der Waals surface area (Å²) in [6.45, 7) is 1.17. The van der Waals surface area contributed by atoms with Crippen LogP contribution in [-0.2, 0) is 17.1 Å². The van der Waals surface area contributed by atoms with Gasteiger partial charge in [0.2, 0.25) is 0 Å². The van der Waals surface area contributed by atoms with E-state index in [1.807, 2.05) is 35.2 Å². The van der Waals surface area contributed by atoms with E-state index in [9.17, 15) is 35.9 Å². The van der Waals surface area contributed by atoms with Gasteiger partial charge in [0, 0.05) is 43.6 Å². The molecule has 2 heterocycles. The fourth-order valence-electron chi connectivity index (χ4n) is 4.79. The van der Waals surface area contributed by atoms with Gasteiger partial charge >= 0.3 is 12.4 Å². The van der Waals surface area contributed by atoms with Crippen LogP contribution >= 0.6 is 0 Å². The molecule has 2 saturated heterocycles. The highest BCUT2D eigenvalue weighted by Gasteiger charge is 2.41. The molecular formula is C24H22F6N2O2. The molecule has 0 aliphatic carbocycles. The minimum Gasteiger partial charge on any atom is -0.338 e. The number of ketones is 1. The number of likely N-dealkylation sites (tertiary alicyclic amines) is 2. The number of amides is 1. The maximum absolute atomic E-state index is 13.3. The summed E-state index contributed by atoms with van der Waals surface area (Å²) in [6, 6.07) is 10.1. The summed E-state index contributed by atoms with van der Waals surface area (Å²) in [4.78, 5) is 28.3. The largest absolute Gasteiger partial charge is 0.416 e. The van der Waals surface area contributed by atoms with Crippen LogP contribution in [-0.4, -0.2) is 53.7 Å². The number of Topliss-reactive ketones (excluding diaryl/α,β-unsaturated/α-hetero) is 1. The SMILES string of the molecule is O=C1CCN([C@H]2CCN(C(=O)c3cc(C(F)(F)F)cc(C(F)(F)F)c3)C[C@H]2c2ccccc2)C1. The van der Waals surface area contributed by atoms with Crippen molar-refractivity contribution in [3.63, 3.8) is 0 Å². The molecule has 0 bridgehead atoms. The van der Waals surface area contributed by atoms with E-state index >= 15 is 0 Å². The number of carbonyl (C=O) groups excluding carboxylic acids is 2. The van der Waals surface area contributed by atoms with Crippen LogP contribution < -0.4 is 0 Å². The molecule has 0 saturated carbocycles. The van der Waals surface area contributed by atoms with E-state index in [0.29, 0.717) is 38.1 Å². The predicted molar refractivity (Wildman–Crippen MR) is 111 cm³/mol. The quantitative estimate of drug-likeness (QED) is 0.576. The van der Waals surface area contributed by atoms with Gasteiger partial charge in [0.15, 0.2) is 0 Å². The summed E-state index contributed by atoms with van der Waals surface area (Å²) >= 11 is 0. The molecule has 4 rings (SSSR count). The first-order chi connectivity index (χ1) is 15.9. The molecular weight excluding hydrogens is 462 g/mol. The number of benzene rings is 2. The lowest BCUT2D eigenvalue weighted by Gasteiger charge is -2.43. The Morgan fingerprint density at radius 2 is 1.50 bits per heavy atom. The van der Waals surface area contributed by atoms with Gasteiger partial charge < -0.3 is 4.90 Å². The summed E-state index contributed by atoms with van der Waals surface area (Å²) < 4.78 is 79.5. The Kier molecular flexibility index (Phi) is 6.46. The third-order valence-corrected chi connectivity index (χ3v) is 6.45. The standard InChI is InChI=1S/C24H22F6N2O2/c25-23(26,27)17-10-16(11-18(12-17)24(28,29)30)22(34)32-9-7-21(31-8-6-19(33)13-31)20(14-32)15-4-2-1-3-5-15/h1-5,10-12,20-21H,6-9,13-14H2/t20-,21-/m0/s1. The average Bonchev–Trinajstić information content (AvgIpc) is 3.23. The lowest BCUT2D eigenvalue weighted by Crippen LogP contribution is -2.51. The smallest absolute Gasteiger partial charge is 0.338 e. The van der Waals surface area contributed by atoms with E-state index in [-0.39, 0.29) is 36.9 Å². The Balaban J connectivity index is 1.65. The maximum atomic E-state index is 13.3. The molecule has 2 aromatic rings. The zero-order valence-corrected chi connectivity index (χ0v) is 18.0. The lowest BCUT2D eigenvalue weighted by molar-refractivity contribution is -0.143. The highest BCUT2D eigenvalue weighted by Crippen LogP contribution is 2.38. The van der Waals surface area contributed by atoms with Crippen LogP contribution in [0.25, 0.3) is 0 Å². The van der Waals surface area contributed by atoms with Crippen LogP contribution in [0.15, 0.2) is 48.5 Å². The van der Waals surface area contributed by atoms with E-state index in [1.54, 1.807) is 0 Å². The third kappa shape index (κ3) is 5.11. The second-order valence-electron chi connectivity index (χ2n) is 8.68. The number of hydrogen-bond donors (Lipinski definition) is 0. The molecule has 0 N–H and O–H groups in total. The summed E-state index contributed by atoms with van der Waals surface area (Å²) in [7, 11) is 0. The molecule has 2 aliphatic heterocycles. The molecule has 0 aromatic heterocycles. The number of piperidine rings is 1. The number of carbonyl (C=O) groups is 2. The number of rotatable bonds is 3. The minimum atomic E-state index is -5.03. The lowest BCUT2D eigenvalue weighted by atomic mass is 9.84. The first kappa shape index (κ1) is 24.3. The molecule has 4 nitrogen and oxygen atoms in total. The molecule has 2 aromatic carbocycles. The van der Waals surface area contributed by atoms with Crippen LogP contribution in [0.2, 0.25) is 0 Å². The zero-order valence-electron chi connectivity index (χ0n) is 18.0. The summed E-state index contributed by atoms with van der Waals surface area (Å²) in [5.74, 6) is -1.000. The van der Waals surface area contributed by atoms with E-state index in [2.05, 4.69) is 0 Å². The summed E-state index contributed by atoms with van der Waals surface area (Å²) in [5.41, 5.74) is -2.79. The van der Waals surface area contributed by atoms with Gasteiger partial charge in [0.1, 0.15) is 5.78 Å². The van der Waals surface area contributed by atoms with Crippen LogP contribution in [0.1, 0.15) is 45.8 Å². The molecule has 2 fully saturated rings. The molecule has 34 heavy (non-hydrogen) atoms. The van der Waals surface area contributed by atoms with E-state index in [0.717, 1.165) is 5.56 Å². The van der Waals surface area contributed by atoms with Gasteiger partial charge in [-0.3, -0.25) is 14.5 Å². The van der Waals surface area contributed by atoms with Crippen molar-refractivity contribution in [1.29, 1.82) is 0 Å². The number of halogens is 6. The number of nitrogens with zero attached hydrogens (tertiary/aromatic N) is 2. The summed E-state index contributed by atoms with van der Waals surface area (Å²) in [5, 5.41) is 0. The molecule has 10 heteroatoms. The third-order valence-electron chi connectivity index (χ3n) is 6.45. The Labute approximate surface area is 192 Å². The van der Waals surface area contributed by atoms with Crippen molar-refractivity contribution in [3.05, 3.63) is 70.8 Å². The molecule has 2 aliphatic rings. The van der Waals surface area contributed by atoms with Crippen molar-refractivity contribution in [2.75, 3.05) is 26.2 Å². The van der Waals surface area contributed by atoms with Crippen LogP contribution in [0.5, 0.6) is 0 Å². The zero-order chi connectivity index (χ0) is 24.7. The topological polar surface area (TPSA) is 40.6 Å². The Morgan fingerprint density at radius 1 is 0.882 bits per heavy atom. The highest BCUT2D eigenvalue weighted by molar-refractivity contribution is 5.95.